The van der Waals surface area contributed by atoms with E-state index in [2.05, 4.69) is 22.0 Å². The van der Waals surface area contributed by atoms with Gasteiger partial charge in [0.15, 0.2) is 0 Å². The van der Waals surface area contributed by atoms with E-state index in [1.54, 1.807) is 0 Å². The van der Waals surface area contributed by atoms with Gasteiger partial charge in [0.1, 0.15) is 6.04 Å². The van der Waals surface area contributed by atoms with E-state index in [9.17, 15) is 4.79 Å². The Morgan fingerprint density at radius 1 is 1.44 bits per heavy atom. The number of halogens is 1. The van der Waals surface area contributed by atoms with Gasteiger partial charge in [0.25, 0.3) is 0 Å². The van der Waals surface area contributed by atoms with E-state index in [-0.39, 0.29) is 0 Å². The number of benzene rings is 1. The first-order valence-corrected chi connectivity index (χ1v) is 5.98. The van der Waals surface area contributed by atoms with E-state index < -0.39 is 12.0 Å². The molecule has 2 aromatic rings. The number of rotatable bonds is 1. The first kappa shape index (κ1) is 9.90. The molecule has 0 aliphatic carbocycles. The molecule has 3 rings (SSSR count). The topological polar surface area (TPSA) is 42.2 Å². The lowest BCUT2D eigenvalue weighted by molar-refractivity contribution is -0.140. The van der Waals surface area contributed by atoms with Crippen molar-refractivity contribution in [1.82, 2.24) is 4.57 Å². The minimum absolute atomic E-state index is 0.395. The first-order valence-electron chi connectivity index (χ1n) is 5.19. The molecule has 0 saturated heterocycles. The van der Waals surface area contributed by atoms with Crippen molar-refractivity contribution in [3.05, 3.63) is 34.4 Å². The molecule has 0 bridgehead atoms. The standard InChI is InChI=1S/C12H10BrNO2/c13-8-1-3-10-7(5-8)6-9-2-4-11(12(15)16)14(9)10/h1,3,5-6,11H,2,4H2,(H,15,16). The van der Waals surface area contributed by atoms with Gasteiger partial charge in [-0.05, 0) is 37.1 Å². The number of carboxylic acids is 1. The summed E-state index contributed by atoms with van der Waals surface area (Å²) in [6, 6.07) is 7.65. The Morgan fingerprint density at radius 3 is 3.00 bits per heavy atom. The van der Waals surface area contributed by atoms with Crippen molar-refractivity contribution in [2.24, 2.45) is 0 Å². The molecule has 16 heavy (non-hydrogen) atoms. The normalized spacial score (nSPS) is 18.9. The predicted molar refractivity (Wildman–Crippen MR) is 64.6 cm³/mol. The Bertz CT molecular complexity index is 588. The molecule has 0 spiro atoms. The van der Waals surface area contributed by atoms with Gasteiger partial charge >= 0.3 is 5.97 Å². The van der Waals surface area contributed by atoms with Gasteiger partial charge in [0.05, 0.1) is 0 Å². The fraction of sp³-hybridized carbons (Fsp3) is 0.250. The molecule has 1 aliphatic rings. The van der Waals surface area contributed by atoms with E-state index in [0.29, 0.717) is 6.42 Å². The van der Waals surface area contributed by atoms with Crippen molar-refractivity contribution in [1.29, 1.82) is 0 Å². The predicted octanol–water partition coefficient (Wildman–Crippen LogP) is 2.98. The number of aryl methyl sites for hydroxylation is 1. The van der Waals surface area contributed by atoms with E-state index in [1.165, 1.54) is 0 Å². The van der Waals surface area contributed by atoms with E-state index >= 15 is 0 Å². The van der Waals surface area contributed by atoms with Crippen molar-refractivity contribution in [2.75, 3.05) is 0 Å². The molecular formula is C12H10BrNO2. The minimum atomic E-state index is -0.737. The molecule has 1 aromatic heterocycles. The number of hydrogen-bond acceptors (Lipinski definition) is 1. The van der Waals surface area contributed by atoms with Crippen LogP contribution in [0, 0.1) is 0 Å². The van der Waals surface area contributed by atoms with Gasteiger partial charge in [0, 0.05) is 21.1 Å². The van der Waals surface area contributed by atoms with Crippen LogP contribution < -0.4 is 0 Å². The molecule has 2 heterocycles. The highest BCUT2D eigenvalue weighted by Gasteiger charge is 2.29. The van der Waals surface area contributed by atoms with Crippen LogP contribution in [0.2, 0.25) is 0 Å². The fourth-order valence-electron chi connectivity index (χ4n) is 2.47. The van der Waals surface area contributed by atoms with Crippen LogP contribution in [-0.2, 0) is 11.2 Å². The van der Waals surface area contributed by atoms with Crippen molar-refractivity contribution < 1.29 is 9.90 Å². The highest BCUT2D eigenvalue weighted by Crippen LogP contribution is 2.34. The third-order valence-corrected chi connectivity index (χ3v) is 3.64. The summed E-state index contributed by atoms with van der Waals surface area (Å²) in [5.41, 5.74) is 2.14. The Labute approximate surface area is 101 Å². The van der Waals surface area contributed by atoms with Crippen LogP contribution in [0.5, 0.6) is 0 Å². The summed E-state index contributed by atoms with van der Waals surface area (Å²) in [7, 11) is 0. The summed E-state index contributed by atoms with van der Waals surface area (Å²) >= 11 is 3.42. The second-order valence-corrected chi connectivity index (χ2v) is 5.02. The maximum Gasteiger partial charge on any atom is 0.326 e. The number of aliphatic carboxylic acids is 1. The van der Waals surface area contributed by atoms with Gasteiger partial charge in [-0.25, -0.2) is 4.79 Å². The SMILES string of the molecule is O=C(O)C1CCc2cc3cc(Br)ccc3n21. The molecule has 1 N–H and O–H groups in total. The summed E-state index contributed by atoms with van der Waals surface area (Å²) in [5.74, 6) is -0.737. The second kappa shape index (κ2) is 3.35. The summed E-state index contributed by atoms with van der Waals surface area (Å²) in [6.07, 6.45) is 1.56. The zero-order valence-electron chi connectivity index (χ0n) is 8.48. The molecule has 3 nitrogen and oxygen atoms in total. The zero-order chi connectivity index (χ0) is 11.3. The van der Waals surface area contributed by atoms with E-state index in [1.807, 2.05) is 22.8 Å². The summed E-state index contributed by atoms with van der Waals surface area (Å²) in [4.78, 5) is 11.1. The van der Waals surface area contributed by atoms with Crippen LogP contribution in [0.15, 0.2) is 28.7 Å². The van der Waals surface area contributed by atoms with E-state index in [4.69, 9.17) is 5.11 Å². The average Bonchev–Trinajstić information content (AvgIpc) is 2.74. The van der Waals surface area contributed by atoms with Gasteiger partial charge in [-0.3, -0.25) is 0 Å². The van der Waals surface area contributed by atoms with E-state index in [0.717, 1.165) is 27.5 Å². The third-order valence-electron chi connectivity index (χ3n) is 3.15. The molecule has 1 aromatic carbocycles. The molecular weight excluding hydrogens is 270 g/mol. The average molecular weight is 280 g/mol. The van der Waals surface area contributed by atoms with Gasteiger partial charge in [-0.2, -0.15) is 0 Å². The zero-order valence-corrected chi connectivity index (χ0v) is 10.1. The van der Waals surface area contributed by atoms with Crippen LogP contribution >= 0.6 is 15.9 Å². The first-order chi connectivity index (χ1) is 7.66. The lowest BCUT2D eigenvalue weighted by Crippen LogP contribution is -2.14. The van der Waals surface area contributed by atoms with Gasteiger partial charge in [0.2, 0.25) is 0 Å². The monoisotopic (exact) mass is 279 g/mol. The van der Waals surface area contributed by atoms with Gasteiger partial charge < -0.3 is 9.67 Å². The van der Waals surface area contributed by atoms with Crippen LogP contribution in [-0.4, -0.2) is 15.6 Å². The summed E-state index contributed by atoms with van der Waals surface area (Å²) in [5, 5.41) is 10.3. The second-order valence-electron chi connectivity index (χ2n) is 4.10. The molecule has 1 atom stereocenters. The van der Waals surface area contributed by atoms with Gasteiger partial charge in [-0.1, -0.05) is 15.9 Å². The highest BCUT2D eigenvalue weighted by molar-refractivity contribution is 9.10. The van der Waals surface area contributed by atoms with Crippen molar-refractivity contribution in [2.45, 2.75) is 18.9 Å². The largest absolute Gasteiger partial charge is 0.480 e. The van der Waals surface area contributed by atoms with Crippen molar-refractivity contribution in [3.63, 3.8) is 0 Å². The molecule has 0 saturated carbocycles. The van der Waals surface area contributed by atoms with Crippen molar-refractivity contribution >= 4 is 32.8 Å². The van der Waals surface area contributed by atoms with Crippen molar-refractivity contribution in [3.8, 4) is 0 Å². The smallest absolute Gasteiger partial charge is 0.326 e. The number of carbonyl (C=O) groups is 1. The number of carboxylic acid groups (broad SMARTS) is 1. The number of aromatic nitrogens is 1. The number of nitrogens with zero attached hydrogens (tertiary/aromatic N) is 1. The Hall–Kier alpha value is -1.29. The lowest BCUT2D eigenvalue weighted by atomic mass is 10.1. The van der Waals surface area contributed by atoms with Crippen LogP contribution in [0.1, 0.15) is 18.2 Å². The minimum Gasteiger partial charge on any atom is -0.480 e. The Morgan fingerprint density at radius 2 is 2.25 bits per heavy atom. The lowest BCUT2D eigenvalue weighted by Gasteiger charge is -2.09. The molecule has 0 fully saturated rings. The highest BCUT2D eigenvalue weighted by atomic mass is 79.9. The molecule has 4 heteroatoms. The fourth-order valence-corrected chi connectivity index (χ4v) is 2.85. The maximum atomic E-state index is 11.1. The molecule has 0 radical (unpaired) electrons. The Balaban J connectivity index is 2.27. The quantitative estimate of drug-likeness (QED) is 0.872. The van der Waals surface area contributed by atoms with Crippen LogP contribution in [0.3, 0.4) is 0 Å². The summed E-state index contributed by atoms with van der Waals surface area (Å²) in [6.45, 7) is 0. The number of hydrogen-bond donors (Lipinski definition) is 1. The molecule has 1 unspecified atom stereocenters. The number of fused-ring (bicyclic) bond motifs is 3. The molecule has 1 aliphatic heterocycles. The third kappa shape index (κ3) is 1.29. The maximum absolute atomic E-state index is 11.1. The van der Waals surface area contributed by atoms with Crippen LogP contribution in [0.25, 0.3) is 10.9 Å². The van der Waals surface area contributed by atoms with Crippen LogP contribution in [0.4, 0.5) is 0 Å². The van der Waals surface area contributed by atoms with Gasteiger partial charge in [-0.15, -0.1) is 0 Å². The summed E-state index contributed by atoms with van der Waals surface area (Å²) < 4.78 is 2.97. The molecule has 0 amide bonds. The molecule has 82 valence electrons. The Kier molecular flexibility index (Phi) is 2.07.